The third-order valence-electron chi connectivity index (χ3n) is 7.67. The topological polar surface area (TPSA) is 48.9 Å². The minimum absolute atomic E-state index is 0.110. The summed E-state index contributed by atoms with van der Waals surface area (Å²) in [6.45, 7) is 5.44. The second kappa shape index (κ2) is 7.92. The average Bonchev–Trinajstić information content (AvgIpc) is 3.41. The van der Waals surface area contributed by atoms with E-state index in [4.69, 9.17) is 4.74 Å². The van der Waals surface area contributed by atoms with Crippen LogP contribution in [0.15, 0.2) is 48.8 Å². The van der Waals surface area contributed by atoms with E-state index in [2.05, 4.69) is 46.1 Å². The van der Waals surface area contributed by atoms with Crippen LogP contribution in [0.4, 0.5) is 0 Å². The van der Waals surface area contributed by atoms with E-state index in [1.165, 1.54) is 5.56 Å². The van der Waals surface area contributed by atoms with Crippen molar-refractivity contribution < 1.29 is 9.53 Å². The molecule has 2 spiro atoms. The first-order valence-corrected chi connectivity index (χ1v) is 11.3. The SMILES string of the molecule is COc1cccc(CN2CCC3(C2)CC2(CCN(Cc4cccnc4)C2=O)CN3C)c1. The Morgan fingerprint density at radius 3 is 2.74 bits per heavy atom. The highest BCUT2D eigenvalue weighted by Gasteiger charge is 2.60. The Labute approximate surface area is 184 Å². The summed E-state index contributed by atoms with van der Waals surface area (Å²) in [5.41, 5.74) is 2.28. The lowest BCUT2D eigenvalue weighted by Crippen LogP contribution is -2.43. The molecule has 0 radical (unpaired) electrons. The molecule has 4 heterocycles. The molecule has 3 aliphatic rings. The van der Waals surface area contributed by atoms with E-state index in [1.54, 1.807) is 13.3 Å². The highest BCUT2D eigenvalue weighted by Crippen LogP contribution is 2.51. The van der Waals surface area contributed by atoms with E-state index in [1.807, 2.05) is 23.2 Å². The van der Waals surface area contributed by atoms with Crippen LogP contribution in [0.1, 0.15) is 30.4 Å². The number of aromatic nitrogens is 1. The molecule has 6 nitrogen and oxygen atoms in total. The summed E-state index contributed by atoms with van der Waals surface area (Å²) in [6, 6.07) is 12.4. The van der Waals surface area contributed by atoms with Gasteiger partial charge in [-0.15, -0.1) is 0 Å². The molecule has 0 aliphatic carbocycles. The molecular formula is C25H32N4O2. The summed E-state index contributed by atoms with van der Waals surface area (Å²) >= 11 is 0. The fraction of sp³-hybridized carbons (Fsp3) is 0.520. The van der Waals surface area contributed by atoms with Crippen molar-refractivity contribution in [3.8, 4) is 5.75 Å². The molecule has 6 heteroatoms. The molecule has 3 fully saturated rings. The van der Waals surface area contributed by atoms with Gasteiger partial charge < -0.3 is 9.64 Å². The van der Waals surface area contributed by atoms with E-state index in [0.717, 1.165) is 63.3 Å². The predicted octanol–water partition coefficient (Wildman–Crippen LogP) is 2.79. The van der Waals surface area contributed by atoms with Crippen molar-refractivity contribution in [3.63, 3.8) is 0 Å². The number of carbonyl (C=O) groups is 1. The van der Waals surface area contributed by atoms with Gasteiger partial charge in [-0.05, 0) is 55.6 Å². The molecule has 3 aliphatic heterocycles. The number of ether oxygens (including phenoxy) is 1. The zero-order valence-electron chi connectivity index (χ0n) is 18.6. The lowest BCUT2D eigenvalue weighted by molar-refractivity contribution is -0.136. The third-order valence-corrected chi connectivity index (χ3v) is 7.67. The zero-order valence-corrected chi connectivity index (χ0v) is 18.6. The summed E-state index contributed by atoms with van der Waals surface area (Å²) in [7, 11) is 3.94. The smallest absolute Gasteiger partial charge is 0.230 e. The first-order chi connectivity index (χ1) is 15.0. The second-order valence-corrected chi connectivity index (χ2v) is 9.69. The standard InChI is InChI=1S/C25H32N4O2/c1-27-18-24(8-12-29(23(24)30)16-21-6-4-10-26-14-21)17-25(27)9-11-28(19-25)15-20-5-3-7-22(13-20)31-2/h3-7,10,13-14H,8-9,11-12,15-19H2,1-2H3. The van der Waals surface area contributed by atoms with E-state index < -0.39 is 0 Å². The van der Waals surface area contributed by atoms with Crippen molar-refractivity contribution in [1.82, 2.24) is 19.7 Å². The lowest BCUT2D eigenvalue weighted by atomic mass is 9.79. The summed E-state index contributed by atoms with van der Waals surface area (Å²) < 4.78 is 5.38. The van der Waals surface area contributed by atoms with Crippen LogP contribution < -0.4 is 4.74 Å². The number of hydrogen-bond acceptors (Lipinski definition) is 5. The molecule has 1 aromatic carbocycles. The van der Waals surface area contributed by atoms with Crippen LogP contribution in [0, 0.1) is 5.41 Å². The highest BCUT2D eigenvalue weighted by molar-refractivity contribution is 5.85. The Kier molecular flexibility index (Phi) is 5.22. The number of methoxy groups -OCH3 is 1. The molecule has 2 aromatic rings. The minimum atomic E-state index is -0.219. The van der Waals surface area contributed by atoms with Gasteiger partial charge in [0.2, 0.25) is 5.91 Å². The molecule has 0 bridgehead atoms. The Balaban J connectivity index is 1.26. The van der Waals surface area contributed by atoms with Crippen LogP contribution >= 0.6 is 0 Å². The number of hydrogen-bond donors (Lipinski definition) is 0. The number of carbonyl (C=O) groups excluding carboxylic acids is 1. The van der Waals surface area contributed by atoms with Crippen molar-refractivity contribution in [1.29, 1.82) is 0 Å². The van der Waals surface area contributed by atoms with Crippen molar-refractivity contribution in [2.75, 3.05) is 40.3 Å². The Morgan fingerprint density at radius 2 is 1.94 bits per heavy atom. The van der Waals surface area contributed by atoms with E-state index in [0.29, 0.717) is 12.5 Å². The Hall–Kier alpha value is -2.44. The molecule has 31 heavy (non-hydrogen) atoms. The molecule has 2 atom stereocenters. The number of nitrogens with zero attached hydrogens (tertiary/aromatic N) is 4. The molecule has 1 amide bonds. The molecular weight excluding hydrogens is 388 g/mol. The average molecular weight is 421 g/mol. The lowest BCUT2D eigenvalue weighted by Gasteiger charge is -2.32. The minimum Gasteiger partial charge on any atom is -0.497 e. The van der Waals surface area contributed by atoms with E-state index in [9.17, 15) is 4.79 Å². The van der Waals surface area contributed by atoms with Gasteiger partial charge in [0.15, 0.2) is 0 Å². The number of likely N-dealkylation sites (N-methyl/N-ethyl adjacent to an activating group) is 1. The van der Waals surface area contributed by atoms with Gasteiger partial charge in [-0.1, -0.05) is 18.2 Å². The van der Waals surface area contributed by atoms with Gasteiger partial charge >= 0.3 is 0 Å². The molecule has 3 saturated heterocycles. The van der Waals surface area contributed by atoms with Crippen LogP contribution in [0.25, 0.3) is 0 Å². The largest absolute Gasteiger partial charge is 0.497 e. The Morgan fingerprint density at radius 1 is 1.06 bits per heavy atom. The number of amides is 1. The number of likely N-dealkylation sites (tertiary alicyclic amines) is 3. The van der Waals surface area contributed by atoms with E-state index in [-0.39, 0.29) is 11.0 Å². The molecule has 164 valence electrons. The molecule has 0 N–H and O–H groups in total. The number of rotatable bonds is 5. The molecule has 2 unspecified atom stereocenters. The summed E-state index contributed by atoms with van der Waals surface area (Å²) in [5.74, 6) is 1.25. The van der Waals surface area contributed by atoms with Crippen molar-refractivity contribution in [2.24, 2.45) is 5.41 Å². The van der Waals surface area contributed by atoms with Gasteiger partial charge in [0.05, 0.1) is 12.5 Å². The zero-order chi connectivity index (χ0) is 21.5. The first kappa shape index (κ1) is 20.5. The van der Waals surface area contributed by atoms with Crippen molar-refractivity contribution in [2.45, 2.75) is 37.9 Å². The van der Waals surface area contributed by atoms with Gasteiger partial charge in [0, 0.05) is 57.2 Å². The maximum absolute atomic E-state index is 13.5. The van der Waals surface area contributed by atoms with Gasteiger partial charge in [0.1, 0.15) is 5.75 Å². The first-order valence-electron chi connectivity index (χ1n) is 11.3. The highest BCUT2D eigenvalue weighted by atomic mass is 16.5. The van der Waals surface area contributed by atoms with Crippen LogP contribution in [0.2, 0.25) is 0 Å². The molecule has 0 saturated carbocycles. The van der Waals surface area contributed by atoms with Crippen LogP contribution in [-0.4, -0.2) is 71.5 Å². The van der Waals surface area contributed by atoms with Gasteiger partial charge in [-0.2, -0.15) is 0 Å². The summed E-state index contributed by atoms with van der Waals surface area (Å²) in [6.07, 6.45) is 6.73. The van der Waals surface area contributed by atoms with Crippen LogP contribution in [-0.2, 0) is 17.9 Å². The quantitative estimate of drug-likeness (QED) is 0.745. The monoisotopic (exact) mass is 420 g/mol. The maximum atomic E-state index is 13.5. The predicted molar refractivity (Wildman–Crippen MR) is 120 cm³/mol. The number of benzene rings is 1. The van der Waals surface area contributed by atoms with Crippen LogP contribution in [0.3, 0.4) is 0 Å². The van der Waals surface area contributed by atoms with Crippen molar-refractivity contribution in [3.05, 3.63) is 59.9 Å². The van der Waals surface area contributed by atoms with Gasteiger partial charge in [0.25, 0.3) is 0 Å². The molecule has 5 rings (SSSR count). The fourth-order valence-corrected chi connectivity index (χ4v) is 6.07. The maximum Gasteiger partial charge on any atom is 0.230 e. The van der Waals surface area contributed by atoms with Gasteiger partial charge in [-0.3, -0.25) is 19.6 Å². The fourth-order valence-electron chi connectivity index (χ4n) is 6.07. The normalized spacial score (nSPS) is 29.0. The number of pyridine rings is 1. The summed E-state index contributed by atoms with van der Waals surface area (Å²) in [4.78, 5) is 24.8. The Bertz CT molecular complexity index is 952. The third kappa shape index (κ3) is 3.72. The van der Waals surface area contributed by atoms with Crippen LogP contribution in [0.5, 0.6) is 5.75 Å². The summed E-state index contributed by atoms with van der Waals surface area (Å²) in [5, 5.41) is 0. The van der Waals surface area contributed by atoms with Crippen molar-refractivity contribution >= 4 is 5.91 Å². The molecule has 1 aromatic heterocycles. The van der Waals surface area contributed by atoms with E-state index >= 15 is 0 Å². The van der Waals surface area contributed by atoms with Gasteiger partial charge in [-0.25, -0.2) is 0 Å². The second-order valence-electron chi connectivity index (χ2n) is 9.69.